The van der Waals surface area contributed by atoms with Crippen LogP contribution in [0.4, 0.5) is 11.4 Å². The zero-order valence-corrected chi connectivity index (χ0v) is 14.2. The third-order valence-corrected chi connectivity index (χ3v) is 5.48. The first kappa shape index (κ1) is 15.4. The van der Waals surface area contributed by atoms with Crippen LogP contribution >= 0.6 is 0 Å². The molecule has 3 aliphatic rings. The number of quaternary nitrogens is 1. The summed E-state index contributed by atoms with van der Waals surface area (Å²) in [4.78, 5) is 23.6. The SMILES string of the molecule is N#Cc1ccc2ncc3c(c2c1)[NH2+]C(C1CC(=O)N([C@H]2CCOC2)C1)=N3. The van der Waals surface area contributed by atoms with Gasteiger partial charge in [0, 0.05) is 19.6 Å². The third-order valence-electron chi connectivity index (χ3n) is 5.48. The minimum atomic E-state index is 0.102. The van der Waals surface area contributed by atoms with Gasteiger partial charge in [0.1, 0.15) is 5.69 Å². The molecule has 2 fully saturated rings. The predicted molar refractivity (Wildman–Crippen MR) is 94.2 cm³/mol. The zero-order chi connectivity index (χ0) is 17.7. The van der Waals surface area contributed by atoms with Crippen molar-refractivity contribution in [2.24, 2.45) is 10.9 Å². The number of carbonyl (C=O) groups is 1. The average Bonchev–Trinajstić information content (AvgIpc) is 3.39. The van der Waals surface area contributed by atoms with Crippen LogP contribution in [-0.4, -0.2) is 47.4 Å². The number of aromatic nitrogens is 1. The normalized spacial score (nSPS) is 24.8. The van der Waals surface area contributed by atoms with Crippen molar-refractivity contribution in [3.63, 3.8) is 0 Å². The Hall–Kier alpha value is -2.82. The molecule has 2 N–H and O–H groups in total. The number of nitrogens with zero attached hydrogens (tertiary/aromatic N) is 4. The molecule has 7 nitrogen and oxygen atoms in total. The Bertz CT molecular complexity index is 987. The largest absolute Gasteiger partial charge is 0.379 e. The van der Waals surface area contributed by atoms with E-state index in [2.05, 4.69) is 16.4 Å². The number of nitriles is 1. The van der Waals surface area contributed by atoms with Gasteiger partial charge in [-0.05, 0) is 24.6 Å². The number of rotatable bonds is 2. The first-order chi connectivity index (χ1) is 12.7. The van der Waals surface area contributed by atoms with Gasteiger partial charge >= 0.3 is 0 Å². The topological polar surface area (TPSA) is 95.2 Å². The van der Waals surface area contributed by atoms with Crippen molar-refractivity contribution in [3.8, 4) is 6.07 Å². The van der Waals surface area contributed by atoms with Crippen LogP contribution in [0.1, 0.15) is 18.4 Å². The first-order valence-corrected chi connectivity index (χ1v) is 8.86. The molecular weight excluding hydrogens is 330 g/mol. The second-order valence-electron chi connectivity index (χ2n) is 7.05. The number of aliphatic imine (C=N–C) groups is 1. The van der Waals surface area contributed by atoms with E-state index in [4.69, 9.17) is 15.0 Å². The molecule has 130 valence electrons. The highest BCUT2D eigenvalue weighted by atomic mass is 16.5. The minimum Gasteiger partial charge on any atom is -0.379 e. The summed E-state index contributed by atoms with van der Waals surface area (Å²) in [6.07, 6.45) is 3.18. The molecule has 1 aromatic heterocycles. The number of pyridine rings is 1. The molecule has 0 bridgehead atoms. The van der Waals surface area contributed by atoms with Crippen molar-refractivity contribution in [2.45, 2.75) is 18.9 Å². The Morgan fingerprint density at radius 1 is 1.38 bits per heavy atom. The second-order valence-corrected chi connectivity index (χ2v) is 7.05. The Morgan fingerprint density at radius 3 is 3.12 bits per heavy atom. The number of benzene rings is 1. The van der Waals surface area contributed by atoms with Gasteiger partial charge in [0.15, 0.2) is 5.69 Å². The van der Waals surface area contributed by atoms with Crippen LogP contribution in [0.3, 0.4) is 0 Å². The van der Waals surface area contributed by atoms with E-state index in [1.807, 2.05) is 17.0 Å². The van der Waals surface area contributed by atoms with Gasteiger partial charge in [0.25, 0.3) is 0 Å². The highest BCUT2D eigenvalue weighted by Crippen LogP contribution is 2.33. The van der Waals surface area contributed by atoms with Crippen LogP contribution in [0, 0.1) is 17.2 Å². The second kappa shape index (κ2) is 5.87. The van der Waals surface area contributed by atoms with E-state index in [-0.39, 0.29) is 17.9 Å². The lowest BCUT2D eigenvalue weighted by Gasteiger charge is -2.22. The predicted octanol–water partition coefficient (Wildman–Crippen LogP) is 0.982. The van der Waals surface area contributed by atoms with E-state index in [0.717, 1.165) is 41.1 Å². The molecule has 26 heavy (non-hydrogen) atoms. The smallest absolute Gasteiger partial charge is 0.223 e. The Kier molecular flexibility index (Phi) is 3.48. The maximum absolute atomic E-state index is 12.5. The quantitative estimate of drug-likeness (QED) is 0.875. The lowest BCUT2D eigenvalue weighted by molar-refractivity contribution is -0.442. The molecule has 0 saturated carbocycles. The molecule has 2 saturated heterocycles. The lowest BCUT2D eigenvalue weighted by atomic mass is 10.1. The molecule has 3 aliphatic heterocycles. The molecular formula is C19H18N5O2+. The highest BCUT2D eigenvalue weighted by Gasteiger charge is 2.41. The number of ether oxygens (including phenoxy) is 1. The van der Waals surface area contributed by atoms with Gasteiger partial charge in [0.2, 0.25) is 11.7 Å². The van der Waals surface area contributed by atoms with Crippen LogP contribution < -0.4 is 5.32 Å². The fourth-order valence-corrected chi connectivity index (χ4v) is 4.09. The van der Waals surface area contributed by atoms with Crippen molar-refractivity contribution >= 4 is 34.0 Å². The van der Waals surface area contributed by atoms with Crippen LogP contribution in [0.15, 0.2) is 29.4 Å². The van der Waals surface area contributed by atoms with Crippen LogP contribution in [0.2, 0.25) is 0 Å². The molecule has 4 heterocycles. The van der Waals surface area contributed by atoms with Crippen LogP contribution in [0.5, 0.6) is 0 Å². The summed E-state index contributed by atoms with van der Waals surface area (Å²) in [5.41, 5.74) is 3.27. The molecule has 7 heteroatoms. The Labute approximate surface area is 150 Å². The summed E-state index contributed by atoms with van der Waals surface area (Å²) in [7, 11) is 0. The molecule has 0 spiro atoms. The monoisotopic (exact) mass is 348 g/mol. The van der Waals surface area contributed by atoms with Crippen LogP contribution in [-0.2, 0) is 9.53 Å². The van der Waals surface area contributed by atoms with E-state index < -0.39 is 0 Å². The summed E-state index contributed by atoms with van der Waals surface area (Å²) in [6.45, 7) is 2.07. The highest BCUT2D eigenvalue weighted by molar-refractivity contribution is 6.00. The first-order valence-electron chi connectivity index (χ1n) is 8.86. The maximum Gasteiger partial charge on any atom is 0.223 e. The summed E-state index contributed by atoms with van der Waals surface area (Å²) in [5.74, 6) is 1.23. The maximum atomic E-state index is 12.5. The Balaban J connectivity index is 1.43. The summed E-state index contributed by atoms with van der Waals surface area (Å²) < 4.78 is 5.43. The van der Waals surface area contributed by atoms with Crippen molar-refractivity contribution in [2.75, 3.05) is 19.8 Å². The molecule has 5 rings (SSSR count). The minimum absolute atomic E-state index is 0.102. The third kappa shape index (κ3) is 2.38. The van der Waals surface area contributed by atoms with Crippen molar-refractivity contribution in [3.05, 3.63) is 30.0 Å². The molecule has 1 unspecified atom stereocenters. The van der Waals surface area contributed by atoms with Gasteiger partial charge in [-0.2, -0.15) is 10.3 Å². The standard InChI is InChI=1S/C19H17N5O2/c20-7-11-1-2-15-14(5-11)18-16(8-21-15)22-19(23-18)12-6-17(25)24(9-12)13-3-4-26-10-13/h1-2,5,8,12-13H,3-4,6,9-10H2,(H,22,23)/p+1/t12?,13-/m0/s1. The van der Waals surface area contributed by atoms with Gasteiger partial charge in [0.05, 0.1) is 47.3 Å². The lowest BCUT2D eigenvalue weighted by Crippen LogP contribution is -2.82. The van der Waals surface area contributed by atoms with E-state index in [9.17, 15) is 4.79 Å². The van der Waals surface area contributed by atoms with Crippen LogP contribution in [0.25, 0.3) is 10.9 Å². The van der Waals surface area contributed by atoms with Gasteiger partial charge in [-0.1, -0.05) is 0 Å². The zero-order valence-electron chi connectivity index (χ0n) is 14.2. The molecule has 0 aliphatic carbocycles. The summed E-state index contributed by atoms with van der Waals surface area (Å²) in [5, 5.41) is 12.2. The van der Waals surface area contributed by atoms with Crippen molar-refractivity contribution < 1.29 is 14.8 Å². The number of amidine groups is 1. The number of hydrogen-bond acceptors (Lipinski definition) is 5. The summed E-state index contributed by atoms with van der Waals surface area (Å²) >= 11 is 0. The summed E-state index contributed by atoms with van der Waals surface area (Å²) in [6, 6.07) is 7.88. The number of fused-ring (bicyclic) bond motifs is 3. The number of amides is 1. The Morgan fingerprint density at radius 2 is 2.31 bits per heavy atom. The number of carbonyl (C=O) groups excluding carboxylic acids is 1. The molecule has 2 atom stereocenters. The van der Waals surface area contributed by atoms with Gasteiger partial charge in [-0.15, -0.1) is 0 Å². The van der Waals surface area contributed by atoms with Crippen molar-refractivity contribution in [1.29, 1.82) is 5.26 Å². The molecule has 2 aromatic rings. The number of nitrogens with two attached hydrogens (primary N) is 1. The van der Waals surface area contributed by atoms with E-state index in [1.54, 1.807) is 12.3 Å². The van der Waals surface area contributed by atoms with Gasteiger partial charge < -0.3 is 9.64 Å². The van der Waals surface area contributed by atoms with E-state index in [0.29, 0.717) is 25.1 Å². The molecule has 0 radical (unpaired) electrons. The number of hydrogen-bond donors (Lipinski definition) is 1. The molecule has 1 amide bonds. The van der Waals surface area contributed by atoms with Gasteiger partial charge in [-0.3, -0.25) is 15.1 Å². The fourth-order valence-electron chi connectivity index (χ4n) is 4.09. The van der Waals surface area contributed by atoms with E-state index >= 15 is 0 Å². The van der Waals surface area contributed by atoms with Crippen molar-refractivity contribution in [1.82, 2.24) is 9.88 Å². The average molecular weight is 348 g/mol. The van der Waals surface area contributed by atoms with Gasteiger partial charge in [-0.25, -0.2) is 0 Å². The van der Waals surface area contributed by atoms with E-state index in [1.165, 1.54) is 0 Å². The fraction of sp³-hybridized carbons (Fsp3) is 0.368. The molecule has 1 aromatic carbocycles. The number of likely N-dealkylation sites (tertiary alicyclic amines) is 1.